The average molecular weight is 1480 g/mol. The van der Waals surface area contributed by atoms with Crippen LogP contribution < -0.4 is 0 Å². The molecule has 0 saturated carbocycles. The molecule has 0 unspecified atom stereocenters. The summed E-state index contributed by atoms with van der Waals surface area (Å²) in [6.45, 7) is 48.0. The summed E-state index contributed by atoms with van der Waals surface area (Å²) >= 11 is 5.69. The molecule has 0 amide bonds. The van der Waals surface area contributed by atoms with Crippen LogP contribution in [-0.4, -0.2) is 0 Å². The van der Waals surface area contributed by atoms with Crippen LogP contribution in [0.4, 0.5) is 0 Å². The molecule has 0 N–H and O–H groups in total. The zero-order chi connectivity index (χ0) is 79.2. The predicted octanol–water partition coefficient (Wildman–Crippen LogP) is 37.3. The third kappa shape index (κ3) is 19.3. The topological polar surface area (TPSA) is 13.1 Å². The van der Waals surface area contributed by atoms with E-state index in [0.29, 0.717) is 0 Å². The van der Waals surface area contributed by atoms with Crippen molar-refractivity contribution in [3.05, 3.63) is 291 Å². The van der Waals surface area contributed by atoms with Gasteiger partial charge in [0.2, 0.25) is 0 Å². The van der Waals surface area contributed by atoms with Gasteiger partial charge in [-0.2, -0.15) is 0 Å². The van der Waals surface area contributed by atoms with E-state index in [1.165, 1.54) is 157 Å². The van der Waals surface area contributed by atoms with Crippen LogP contribution in [0.15, 0.2) is 296 Å². The standard InChI is InChI=1S/C20H12O.3C20H12S.12C2H6/c1-2-7-15-12-19-17(11-14(15)6-1)20-16-8-4-3-5-13(16)9-10-18(20)21-19;1-3-7-15-13(5-1)10-12-18-19(15)17-11-9-14-6-2-4-8-16(14)20(17)21-18;1-3-7-15-13(5-1)9-11-17-19(15)20-16-8-4-2-6-14(16)10-12-18(20)21-17;1-2-7-15-12-19-17(11-14(15)6-1)20-16-8-4-3-5-13(16)9-10-18(20)21-19;12*1-2/h4*1-12H;12*1-2H3. The molecule has 0 aliphatic heterocycles. The molecule has 4 heteroatoms. The maximum Gasteiger partial charge on any atom is 0.136 e. The Labute approximate surface area is 659 Å². The summed E-state index contributed by atoms with van der Waals surface area (Å²) in [6, 6.07) is 105. The second kappa shape index (κ2) is 47.0. The largest absolute Gasteiger partial charge is 0.456 e. The van der Waals surface area contributed by atoms with E-state index in [0.717, 1.165) is 11.2 Å². The summed E-state index contributed by atoms with van der Waals surface area (Å²) < 4.78 is 14.3. The van der Waals surface area contributed by atoms with Gasteiger partial charge in [-0.25, -0.2) is 0 Å². The van der Waals surface area contributed by atoms with Crippen LogP contribution in [0.5, 0.6) is 0 Å². The molecule has 4 aromatic heterocycles. The van der Waals surface area contributed by atoms with Crippen molar-refractivity contribution in [1.29, 1.82) is 0 Å². The van der Waals surface area contributed by atoms with Crippen LogP contribution in [-0.2, 0) is 0 Å². The molecule has 108 heavy (non-hydrogen) atoms. The number of rotatable bonds is 0. The molecule has 0 bridgehead atoms. The van der Waals surface area contributed by atoms with E-state index in [9.17, 15) is 0 Å². The lowest BCUT2D eigenvalue weighted by Gasteiger charge is -2.03. The molecular weight excluding hydrogens is 1360 g/mol. The van der Waals surface area contributed by atoms with Gasteiger partial charge >= 0.3 is 0 Å². The first-order valence-electron chi connectivity index (χ1n) is 40.5. The third-order valence-electron chi connectivity index (χ3n) is 17.0. The Hall–Kier alpha value is -9.94. The minimum atomic E-state index is 0.957. The molecule has 560 valence electrons. The maximum atomic E-state index is 6.07. The average Bonchev–Trinajstić information content (AvgIpc) is 1.61. The van der Waals surface area contributed by atoms with E-state index >= 15 is 0 Å². The normalized spacial score (nSPS) is 9.85. The fraction of sp³-hybridized carbons (Fsp3) is 0.231. The van der Waals surface area contributed by atoms with Gasteiger partial charge in [0.05, 0.1) is 0 Å². The summed E-state index contributed by atoms with van der Waals surface area (Å²) in [5, 5.41) is 31.8. The van der Waals surface area contributed by atoms with E-state index in [-0.39, 0.29) is 0 Å². The molecule has 16 aromatic carbocycles. The summed E-state index contributed by atoms with van der Waals surface area (Å²) in [5.74, 6) is 0. The third-order valence-corrected chi connectivity index (χ3v) is 20.4. The molecule has 0 fully saturated rings. The Morgan fingerprint density at radius 3 is 0.815 bits per heavy atom. The second-order valence-electron chi connectivity index (χ2n) is 21.8. The molecule has 0 aliphatic rings. The maximum absolute atomic E-state index is 6.07. The van der Waals surface area contributed by atoms with Crippen LogP contribution in [0.1, 0.15) is 166 Å². The van der Waals surface area contributed by atoms with Crippen molar-refractivity contribution in [2.24, 2.45) is 0 Å². The van der Waals surface area contributed by atoms with Crippen molar-refractivity contribution in [3.8, 4) is 0 Å². The molecule has 20 rings (SSSR count). The van der Waals surface area contributed by atoms with E-state index < -0.39 is 0 Å². The highest BCUT2D eigenvalue weighted by molar-refractivity contribution is 7.27. The lowest BCUT2D eigenvalue weighted by Crippen LogP contribution is -1.76. The number of hydrogen-bond acceptors (Lipinski definition) is 4. The second-order valence-corrected chi connectivity index (χ2v) is 25.0. The van der Waals surface area contributed by atoms with Crippen LogP contribution in [0.2, 0.25) is 0 Å². The SMILES string of the molecule is CC.CC.CC.CC.CC.CC.CC.CC.CC.CC.CC.CC.c1ccc2c(c1)ccc1c2sc2ccc3ccccc3c21.c1ccc2c(c1)ccc1sc3ccc4ccccc4c3c12.c1ccc2cc3c(cc2c1)oc1ccc2ccccc2c13.c1ccc2cc3c(cc2c1)sc1ccc2ccccc2c13. The Morgan fingerprint density at radius 1 is 0.157 bits per heavy atom. The fourth-order valence-electron chi connectivity index (χ4n) is 13.0. The predicted molar refractivity (Wildman–Crippen MR) is 508 cm³/mol. The minimum absolute atomic E-state index is 0.957. The quantitative estimate of drug-likeness (QED) is 0.147. The number of hydrogen-bond donors (Lipinski definition) is 0. The van der Waals surface area contributed by atoms with Crippen molar-refractivity contribution < 1.29 is 4.42 Å². The minimum Gasteiger partial charge on any atom is -0.456 e. The van der Waals surface area contributed by atoms with Gasteiger partial charge in [-0.05, 0) is 141 Å². The number of thiophene rings is 3. The van der Waals surface area contributed by atoms with E-state index in [4.69, 9.17) is 4.42 Å². The number of fused-ring (bicyclic) bond motifs is 26. The van der Waals surface area contributed by atoms with Gasteiger partial charge in [0, 0.05) is 71.3 Å². The molecular formula is C104H120OS3. The highest BCUT2D eigenvalue weighted by atomic mass is 32.1. The summed E-state index contributed by atoms with van der Waals surface area (Å²) in [4.78, 5) is 0. The van der Waals surface area contributed by atoms with Crippen LogP contribution >= 0.6 is 34.0 Å². The van der Waals surface area contributed by atoms with Gasteiger partial charge in [-0.15, -0.1) is 34.0 Å². The summed E-state index contributed by atoms with van der Waals surface area (Å²) in [5.41, 5.74) is 1.92. The van der Waals surface area contributed by atoms with Gasteiger partial charge in [0.25, 0.3) is 0 Å². The van der Waals surface area contributed by atoms with Crippen molar-refractivity contribution >= 4 is 203 Å². The van der Waals surface area contributed by atoms with Gasteiger partial charge in [-0.3, -0.25) is 0 Å². The van der Waals surface area contributed by atoms with Gasteiger partial charge in [0.15, 0.2) is 0 Å². The van der Waals surface area contributed by atoms with Crippen molar-refractivity contribution in [3.63, 3.8) is 0 Å². The van der Waals surface area contributed by atoms with Crippen molar-refractivity contribution in [1.82, 2.24) is 0 Å². The van der Waals surface area contributed by atoms with E-state index in [2.05, 4.69) is 291 Å². The molecule has 1 nitrogen and oxygen atoms in total. The summed E-state index contributed by atoms with van der Waals surface area (Å²) in [7, 11) is 0. The first-order chi connectivity index (χ1) is 53.6. The fourth-order valence-corrected chi connectivity index (χ4v) is 16.6. The Balaban J connectivity index is 0.000000236. The highest BCUT2D eigenvalue weighted by Crippen LogP contribution is 2.45. The number of furan rings is 1. The smallest absolute Gasteiger partial charge is 0.136 e. The zero-order valence-corrected chi connectivity index (χ0v) is 71.8. The highest BCUT2D eigenvalue weighted by Gasteiger charge is 2.15. The van der Waals surface area contributed by atoms with E-state index in [1.807, 2.05) is 200 Å². The van der Waals surface area contributed by atoms with Gasteiger partial charge in [0.1, 0.15) is 11.2 Å². The molecule has 0 spiro atoms. The molecule has 0 aliphatic carbocycles. The van der Waals surface area contributed by atoms with Gasteiger partial charge < -0.3 is 4.42 Å². The molecule has 20 aromatic rings. The lowest BCUT2D eigenvalue weighted by atomic mass is 10.00. The lowest BCUT2D eigenvalue weighted by molar-refractivity contribution is 0.670. The monoisotopic (exact) mass is 1480 g/mol. The first-order valence-corrected chi connectivity index (χ1v) is 43.0. The number of benzene rings is 16. The Kier molecular flexibility index (Phi) is 38.6. The van der Waals surface area contributed by atoms with Crippen LogP contribution in [0.3, 0.4) is 0 Å². The molecule has 4 heterocycles. The Bertz CT molecular complexity index is 5650. The first kappa shape index (κ1) is 88.7. The van der Waals surface area contributed by atoms with Crippen molar-refractivity contribution in [2.45, 2.75) is 166 Å². The molecule has 0 saturated heterocycles. The zero-order valence-electron chi connectivity index (χ0n) is 69.3. The van der Waals surface area contributed by atoms with Crippen molar-refractivity contribution in [2.75, 3.05) is 0 Å². The van der Waals surface area contributed by atoms with E-state index in [1.54, 1.807) is 0 Å². The van der Waals surface area contributed by atoms with Crippen LogP contribution in [0, 0.1) is 0 Å². The molecule has 0 radical (unpaired) electrons. The molecule has 0 atom stereocenters. The summed E-state index contributed by atoms with van der Waals surface area (Å²) in [6.07, 6.45) is 0. The van der Waals surface area contributed by atoms with Crippen LogP contribution in [0.25, 0.3) is 169 Å². The van der Waals surface area contributed by atoms with Gasteiger partial charge in [-0.1, -0.05) is 403 Å². The Morgan fingerprint density at radius 2 is 0.417 bits per heavy atom.